The standard InChI is InChI=1S/C10H18N2O3/c1-15-10(14)7-12-9(13)5-4-8-3-2-6-11-8/h8,11H,2-7H2,1H3,(H,12,13). The molecule has 5 heteroatoms. The van der Waals surface area contributed by atoms with Crippen LogP contribution >= 0.6 is 0 Å². The second-order valence-corrected chi connectivity index (χ2v) is 3.68. The molecule has 0 saturated carbocycles. The molecule has 0 aromatic carbocycles. The normalized spacial score (nSPS) is 19.9. The summed E-state index contributed by atoms with van der Waals surface area (Å²) in [6.45, 7) is 1.02. The van der Waals surface area contributed by atoms with Gasteiger partial charge >= 0.3 is 5.97 Å². The number of esters is 1. The van der Waals surface area contributed by atoms with Gasteiger partial charge in [0.15, 0.2) is 0 Å². The van der Waals surface area contributed by atoms with Crippen molar-refractivity contribution in [2.24, 2.45) is 0 Å². The zero-order valence-corrected chi connectivity index (χ0v) is 9.04. The maximum absolute atomic E-state index is 11.3. The molecular weight excluding hydrogens is 196 g/mol. The predicted octanol–water partition coefficient (Wildman–Crippen LogP) is -0.192. The summed E-state index contributed by atoms with van der Waals surface area (Å²) in [5.41, 5.74) is 0. The minimum atomic E-state index is -0.414. The van der Waals surface area contributed by atoms with E-state index in [1.54, 1.807) is 0 Å². The van der Waals surface area contributed by atoms with Gasteiger partial charge in [0, 0.05) is 12.5 Å². The summed E-state index contributed by atoms with van der Waals surface area (Å²) >= 11 is 0. The Kier molecular flexibility index (Phi) is 5.10. The Bertz CT molecular complexity index is 225. The molecule has 1 aliphatic heterocycles. The van der Waals surface area contributed by atoms with Crippen LogP contribution in [0.3, 0.4) is 0 Å². The molecule has 1 rings (SSSR count). The first kappa shape index (κ1) is 12.0. The second-order valence-electron chi connectivity index (χ2n) is 3.68. The van der Waals surface area contributed by atoms with Crippen LogP contribution in [-0.4, -0.2) is 38.1 Å². The molecule has 1 fully saturated rings. The molecule has 15 heavy (non-hydrogen) atoms. The van der Waals surface area contributed by atoms with E-state index in [1.165, 1.54) is 13.5 Å². The molecule has 1 heterocycles. The number of hydrogen-bond acceptors (Lipinski definition) is 4. The van der Waals surface area contributed by atoms with E-state index < -0.39 is 5.97 Å². The van der Waals surface area contributed by atoms with E-state index in [4.69, 9.17) is 0 Å². The summed E-state index contributed by atoms with van der Waals surface area (Å²) in [6, 6.07) is 0.467. The quantitative estimate of drug-likeness (QED) is 0.622. The van der Waals surface area contributed by atoms with Crippen molar-refractivity contribution in [2.45, 2.75) is 31.7 Å². The van der Waals surface area contributed by atoms with Crippen molar-refractivity contribution < 1.29 is 14.3 Å². The largest absolute Gasteiger partial charge is 0.468 e. The van der Waals surface area contributed by atoms with E-state index in [9.17, 15) is 9.59 Å². The van der Waals surface area contributed by atoms with Crippen LogP contribution in [-0.2, 0) is 14.3 Å². The Hall–Kier alpha value is -1.10. The maximum Gasteiger partial charge on any atom is 0.325 e. The Balaban J connectivity index is 2.05. The fraction of sp³-hybridized carbons (Fsp3) is 0.800. The lowest BCUT2D eigenvalue weighted by Crippen LogP contribution is -2.31. The lowest BCUT2D eigenvalue weighted by atomic mass is 10.1. The molecular formula is C10H18N2O3. The summed E-state index contributed by atoms with van der Waals surface area (Å²) in [5.74, 6) is -0.503. The van der Waals surface area contributed by atoms with E-state index in [0.29, 0.717) is 12.5 Å². The fourth-order valence-corrected chi connectivity index (χ4v) is 1.64. The Morgan fingerprint density at radius 3 is 2.93 bits per heavy atom. The van der Waals surface area contributed by atoms with Crippen LogP contribution in [0, 0.1) is 0 Å². The third-order valence-corrected chi connectivity index (χ3v) is 2.54. The number of hydrogen-bond donors (Lipinski definition) is 2. The summed E-state index contributed by atoms with van der Waals surface area (Å²) < 4.78 is 4.41. The van der Waals surface area contributed by atoms with Gasteiger partial charge in [0.25, 0.3) is 0 Å². The number of methoxy groups -OCH3 is 1. The molecule has 1 unspecified atom stereocenters. The van der Waals surface area contributed by atoms with Crippen LogP contribution in [0.2, 0.25) is 0 Å². The zero-order chi connectivity index (χ0) is 11.1. The highest BCUT2D eigenvalue weighted by Gasteiger charge is 2.15. The lowest BCUT2D eigenvalue weighted by Gasteiger charge is -2.09. The van der Waals surface area contributed by atoms with Gasteiger partial charge in [0.05, 0.1) is 7.11 Å². The first-order valence-electron chi connectivity index (χ1n) is 5.29. The highest BCUT2D eigenvalue weighted by Crippen LogP contribution is 2.10. The maximum atomic E-state index is 11.3. The van der Waals surface area contributed by atoms with Crippen molar-refractivity contribution >= 4 is 11.9 Å². The Morgan fingerprint density at radius 2 is 2.33 bits per heavy atom. The third-order valence-electron chi connectivity index (χ3n) is 2.54. The van der Waals surface area contributed by atoms with Crippen LogP contribution in [0.15, 0.2) is 0 Å². The Morgan fingerprint density at radius 1 is 1.53 bits per heavy atom. The number of carbonyl (C=O) groups is 2. The first-order chi connectivity index (χ1) is 7.22. The second kappa shape index (κ2) is 6.40. The molecule has 0 aromatic rings. The predicted molar refractivity (Wildman–Crippen MR) is 55.3 cm³/mol. The van der Waals surface area contributed by atoms with Crippen molar-refractivity contribution in [2.75, 3.05) is 20.2 Å². The molecule has 2 N–H and O–H groups in total. The van der Waals surface area contributed by atoms with Gasteiger partial charge in [0.1, 0.15) is 6.54 Å². The van der Waals surface area contributed by atoms with Gasteiger partial charge in [-0.15, -0.1) is 0 Å². The highest BCUT2D eigenvalue weighted by atomic mass is 16.5. The average molecular weight is 214 g/mol. The molecule has 0 aromatic heterocycles. The van der Waals surface area contributed by atoms with E-state index >= 15 is 0 Å². The lowest BCUT2D eigenvalue weighted by molar-refractivity contribution is -0.141. The number of amides is 1. The molecule has 5 nitrogen and oxygen atoms in total. The van der Waals surface area contributed by atoms with Crippen LogP contribution in [0.1, 0.15) is 25.7 Å². The summed E-state index contributed by atoms with van der Waals surface area (Å²) in [6.07, 6.45) is 3.64. The van der Waals surface area contributed by atoms with Gasteiger partial charge in [-0.05, 0) is 25.8 Å². The third kappa shape index (κ3) is 4.78. The van der Waals surface area contributed by atoms with Crippen molar-refractivity contribution in [1.29, 1.82) is 0 Å². The molecule has 1 amide bonds. The number of ether oxygens (including phenoxy) is 1. The van der Waals surface area contributed by atoms with Crippen LogP contribution in [0.4, 0.5) is 0 Å². The van der Waals surface area contributed by atoms with Gasteiger partial charge < -0.3 is 15.4 Å². The SMILES string of the molecule is COC(=O)CNC(=O)CCC1CCCN1. The van der Waals surface area contributed by atoms with Crippen molar-refractivity contribution in [3.05, 3.63) is 0 Å². The molecule has 0 radical (unpaired) electrons. The molecule has 0 aliphatic carbocycles. The molecule has 0 bridgehead atoms. The Labute approximate surface area is 89.6 Å². The minimum Gasteiger partial charge on any atom is -0.468 e. The zero-order valence-electron chi connectivity index (χ0n) is 9.04. The summed E-state index contributed by atoms with van der Waals surface area (Å²) in [5, 5.41) is 5.83. The van der Waals surface area contributed by atoms with Crippen molar-refractivity contribution in [3.63, 3.8) is 0 Å². The molecule has 86 valence electrons. The van der Waals surface area contributed by atoms with E-state index in [-0.39, 0.29) is 12.5 Å². The molecule has 1 atom stereocenters. The van der Waals surface area contributed by atoms with Gasteiger partial charge in [-0.3, -0.25) is 9.59 Å². The van der Waals surface area contributed by atoms with E-state index in [0.717, 1.165) is 19.4 Å². The topological polar surface area (TPSA) is 67.4 Å². The van der Waals surface area contributed by atoms with E-state index in [1.807, 2.05) is 0 Å². The van der Waals surface area contributed by atoms with Gasteiger partial charge in [-0.2, -0.15) is 0 Å². The van der Waals surface area contributed by atoms with Gasteiger partial charge in [-0.25, -0.2) is 0 Å². The minimum absolute atomic E-state index is 0.0343. The number of carbonyl (C=O) groups excluding carboxylic acids is 2. The smallest absolute Gasteiger partial charge is 0.325 e. The molecule has 0 spiro atoms. The first-order valence-corrected chi connectivity index (χ1v) is 5.29. The fourth-order valence-electron chi connectivity index (χ4n) is 1.64. The molecule has 1 saturated heterocycles. The van der Waals surface area contributed by atoms with E-state index in [2.05, 4.69) is 15.4 Å². The highest BCUT2D eigenvalue weighted by molar-refractivity contribution is 5.81. The molecule has 1 aliphatic rings. The van der Waals surface area contributed by atoms with Gasteiger partial charge in [0.2, 0.25) is 5.91 Å². The van der Waals surface area contributed by atoms with Crippen LogP contribution in [0.5, 0.6) is 0 Å². The van der Waals surface area contributed by atoms with Crippen LogP contribution < -0.4 is 10.6 Å². The van der Waals surface area contributed by atoms with Crippen molar-refractivity contribution in [1.82, 2.24) is 10.6 Å². The van der Waals surface area contributed by atoms with Gasteiger partial charge in [-0.1, -0.05) is 0 Å². The van der Waals surface area contributed by atoms with Crippen LogP contribution in [0.25, 0.3) is 0 Å². The number of nitrogens with one attached hydrogen (secondary N) is 2. The monoisotopic (exact) mass is 214 g/mol. The van der Waals surface area contributed by atoms with Crippen molar-refractivity contribution in [3.8, 4) is 0 Å². The number of rotatable bonds is 5. The average Bonchev–Trinajstić information content (AvgIpc) is 2.75. The summed E-state index contributed by atoms with van der Waals surface area (Å²) in [7, 11) is 1.30. The summed E-state index contributed by atoms with van der Waals surface area (Å²) in [4.78, 5) is 22.0.